The Kier molecular flexibility index (Phi) is 3.80. The van der Waals surface area contributed by atoms with Crippen LogP contribution in [0.3, 0.4) is 0 Å². The van der Waals surface area contributed by atoms with E-state index in [0.717, 1.165) is 11.3 Å². The van der Waals surface area contributed by atoms with E-state index in [-0.39, 0.29) is 5.13 Å². The topological polar surface area (TPSA) is 68.0 Å². The van der Waals surface area contributed by atoms with Crippen LogP contribution in [-0.4, -0.2) is 25.8 Å². The maximum absolute atomic E-state index is 12.9. The Bertz CT molecular complexity index is 622. The van der Waals surface area contributed by atoms with E-state index >= 15 is 0 Å². The maximum atomic E-state index is 12.9. The van der Waals surface area contributed by atoms with E-state index < -0.39 is 23.4 Å². The lowest BCUT2D eigenvalue weighted by molar-refractivity contribution is -0.143. The molecule has 0 saturated carbocycles. The normalized spacial score (nSPS) is 11.8. The number of carboxylic acids is 1. The van der Waals surface area contributed by atoms with Crippen molar-refractivity contribution in [1.82, 2.24) is 14.8 Å². The average Bonchev–Trinajstić information content (AvgIpc) is 2.94. The van der Waals surface area contributed by atoms with Gasteiger partial charge in [-0.25, -0.2) is 14.5 Å². The Morgan fingerprint density at radius 2 is 2.21 bits per heavy atom. The monoisotopic (exact) mass is 403 g/mol. The molecular weight excluding hydrogens is 398 g/mol. The third kappa shape index (κ3) is 2.73. The van der Waals surface area contributed by atoms with Gasteiger partial charge >= 0.3 is 12.1 Å². The van der Waals surface area contributed by atoms with Crippen molar-refractivity contribution < 1.29 is 23.1 Å². The number of hydrogen-bond donors (Lipinski definition) is 1. The molecule has 19 heavy (non-hydrogen) atoms. The number of carboxylic acid groups (broad SMARTS) is 1. The van der Waals surface area contributed by atoms with E-state index in [1.54, 1.807) is 5.38 Å². The molecule has 5 nitrogen and oxygen atoms in total. The molecule has 2 aromatic heterocycles. The van der Waals surface area contributed by atoms with Gasteiger partial charge in [-0.2, -0.15) is 18.3 Å². The number of alkyl halides is 4. The summed E-state index contributed by atoms with van der Waals surface area (Å²) in [4.78, 5) is 14.8. The van der Waals surface area contributed by atoms with Crippen LogP contribution in [0.25, 0.3) is 5.13 Å². The molecule has 0 spiro atoms. The minimum absolute atomic E-state index is 0.00788. The number of nitrogens with zero attached hydrogens (tertiary/aromatic N) is 3. The Labute approximate surface area is 122 Å². The van der Waals surface area contributed by atoms with Crippen molar-refractivity contribution in [2.75, 3.05) is 0 Å². The standard InChI is InChI=1S/C9H5F3IN3O2S/c10-9(11,12)6-5(7(17)18)2-14-16(6)8-15-4(1-13)3-19-8/h2-3H,1H2,(H,17,18). The number of halogens is 4. The lowest BCUT2D eigenvalue weighted by atomic mass is 10.2. The predicted molar refractivity (Wildman–Crippen MR) is 68.9 cm³/mol. The fraction of sp³-hybridized carbons (Fsp3) is 0.222. The summed E-state index contributed by atoms with van der Waals surface area (Å²) >= 11 is 3.00. The van der Waals surface area contributed by atoms with Gasteiger partial charge in [0.2, 0.25) is 5.13 Å². The molecule has 10 heteroatoms. The highest BCUT2D eigenvalue weighted by Gasteiger charge is 2.41. The predicted octanol–water partition coefficient (Wildman–Crippen LogP) is 2.98. The van der Waals surface area contributed by atoms with Crippen LogP contribution in [0.1, 0.15) is 21.7 Å². The molecule has 0 aromatic carbocycles. The second-order valence-corrected chi connectivity index (χ2v) is 4.98. The third-order valence-corrected chi connectivity index (χ3v) is 3.77. The Morgan fingerprint density at radius 1 is 1.53 bits per heavy atom. The summed E-state index contributed by atoms with van der Waals surface area (Å²) in [5.41, 5.74) is -1.60. The SMILES string of the molecule is O=C(O)c1cnn(-c2nc(CI)cs2)c1C(F)(F)F. The van der Waals surface area contributed by atoms with Crippen molar-refractivity contribution in [2.45, 2.75) is 10.6 Å². The van der Waals surface area contributed by atoms with Gasteiger partial charge in [0.15, 0.2) is 5.69 Å². The van der Waals surface area contributed by atoms with Crippen LogP contribution >= 0.6 is 33.9 Å². The van der Waals surface area contributed by atoms with Crippen molar-refractivity contribution in [3.63, 3.8) is 0 Å². The van der Waals surface area contributed by atoms with E-state index in [0.29, 0.717) is 21.0 Å². The number of hydrogen-bond acceptors (Lipinski definition) is 4. The molecule has 2 aromatic rings. The van der Waals surface area contributed by atoms with Gasteiger partial charge in [-0.3, -0.25) is 0 Å². The van der Waals surface area contributed by atoms with Crippen molar-refractivity contribution >= 4 is 39.9 Å². The van der Waals surface area contributed by atoms with E-state index in [1.165, 1.54) is 0 Å². The number of aromatic carboxylic acids is 1. The fourth-order valence-electron chi connectivity index (χ4n) is 1.38. The number of carbonyl (C=O) groups is 1. The summed E-state index contributed by atoms with van der Waals surface area (Å²) in [5.74, 6) is -1.68. The Morgan fingerprint density at radius 3 is 2.68 bits per heavy atom. The second-order valence-electron chi connectivity index (χ2n) is 3.38. The van der Waals surface area contributed by atoms with E-state index in [1.807, 2.05) is 22.6 Å². The fourth-order valence-corrected chi connectivity index (χ4v) is 2.85. The highest BCUT2D eigenvalue weighted by molar-refractivity contribution is 14.1. The summed E-state index contributed by atoms with van der Waals surface area (Å²) in [6.45, 7) is 0. The smallest absolute Gasteiger partial charge is 0.434 e. The molecule has 0 fully saturated rings. The van der Waals surface area contributed by atoms with Crippen molar-refractivity contribution in [2.24, 2.45) is 0 Å². The van der Waals surface area contributed by atoms with Crippen LogP contribution < -0.4 is 0 Å². The first-order valence-corrected chi connectivity index (χ1v) is 7.14. The van der Waals surface area contributed by atoms with Crippen LogP contribution in [-0.2, 0) is 10.6 Å². The number of aromatic nitrogens is 3. The molecule has 102 valence electrons. The van der Waals surface area contributed by atoms with Crippen LogP contribution in [0, 0.1) is 0 Å². The van der Waals surface area contributed by atoms with Gasteiger partial charge < -0.3 is 5.11 Å². The van der Waals surface area contributed by atoms with Gasteiger partial charge in [0, 0.05) is 9.81 Å². The lowest BCUT2D eigenvalue weighted by Gasteiger charge is -2.09. The van der Waals surface area contributed by atoms with Crippen LogP contribution in [0.2, 0.25) is 0 Å². The minimum atomic E-state index is -4.82. The first kappa shape index (κ1) is 14.2. The largest absolute Gasteiger partial charge is 0.478 e. The molecule has 0 aliphatic rings. The highest BCUT2D eigenvalue weighted by Crippen LogP contribution is 2.34. The van der Waals surface area contributed by atoms with Gasteiger partial charge in [-0.15, -0.1) is 11.3 Å². The number of thiazole rings is 1. The summed E-state index contributed by atoms with van der Waals surface area (Å²) in [6.07, 6.45) is -4.14. The van der Waals surface area contributed by atoms with Crippen LogP contribution in [0.4, 0.5) is 13.2 Å². The maximum Gasteiger partial charge on any atom is 0.434 e. The third-order valence-electron chi connectivity index (χ3n) is 2.13. The molecule has 0 unspecified atom stereocenters. The first-order chi connectivity index (χ1) is 8.84. The molecule has 0 aliphatic carbocycles. The molecule has 0 aliphatic heterocycles. The summed E-state index contributed by atoms with van der Waals surface area (Å²) in [5, 5.41) is 13.8. The zero-order chi connectivity index (χ0) is 14.2. The van der Waals surface area contributed by atoms with E-state index in [4.69, 9.17) is 5.11 Å². The van der Waals surface area contributed by atoms with Gasteiger partial charge in [0.05, 0.1) is 11.9 Å². The van der Waals surface area contributed by atoms with Crippen molar-refractivity contribution in [1.29, 1.82) is 0 Å². The van der Waals surface area contributed by atoms with Gasteiger partial charge in [-0.1, -0.05) is 22.6 Å². The molecule has 1 N–H and O–H groups in total. The molecule has 0 radical (unpaired) electrons. The highest BCUT2D eigenvalue weighted by atomic mass is 127. The zero-order valence-corrected chi connectivity index (χ0v) is 12.0. The van der Waals surface area contributed by atoms with E-state index in [2.05, 4.69) is 10.1 Å². The summed E-state index contributed by atoms with van der Waals surface area (Å²) < 4.78 is 39.8. The average molecular weight is 403 g/mol. The van der Waals surface area contributed by atoms with Crippen LogP contribution in [0.5, 0.6) is 0 Å². The van der Waals surface area contributed by atoms with Crippen molar-refractivity contribution in [3.8, 4) is 5.13 Å². The molecule has 0 amide bonds. The zero-order valence-electron chi connectivity index (χ0n) is 8.98. The Balaban J connectivity index is 2.61. The van der Waals surface area contributed by atoms with Gasteiger partial charge in [0.25, 0.3) is 0 Å². The number of rotatable bonds is 3. The van der Waals surface area contributed by atoms with Crippen molar-refractivity contribution in [3.05, 3.63) is 28.5 Å². The molecule has 0 saturated heterocycles. The van der Waals surface area contributed by atoms with Crippen LogP contribution in [0.15, 0.2) is 11.6 Å². The first-order valence-electron chi connectivity index (χ1n) is 4.74. The minimum Gasteiger partial charge on any atom is -0.478 e. The molecule has 2 heterocycles. The molecule has 0 atom stereocenters. The van der Waals surface area contributed by atoms with E-state index in [9.17, 15) is 18.0 Å². The summed E-state index contributed by atoms with van der Waals surface area (Å²) in [6, 6.07) is 0. The van der Waals surface area contributed by atoms with Gasteiger partial charge in [0.1, 0.15) is 5.56 Å². The molecule has 2 rings (SSSR count). The summed E-state index contributed by atoms with van der Waals surface area (Å²) in [7, 11) is 0. The quantitative estimate of drug-likeness (QED) is 0.632. The Hall–Kier alpha value is -1.17. The lowest BCUT2D eigenvalue weighted by Crippen LogP contribution is -2.17. The molecule has 0 bridgehead atoms. The second kappa shape index (κ2) is 5.07. The molecular formula is C9H5F3IN3O2S. The van der Waals surface area contributed by atoms with Gasteiger partial charge in [-0.05, 0) is 0 Å².